The van der Waals surface area contributed by atoms with Crippen LogP contribution in [0.1, 0.15) is 46.5 Å². The van der Waals surface area contributed by atoms with Crippen LogP contribution in [0.2, 0.25) is 0 Å². The predicted octanol–water partition coefficient (Wildman–Crippen LogP) is 1.38. The number of hydrogen-bond donors (Lipinski definition) is 2. The Morgan fingerprint density at radius 1 is 0.818 bits per heavy atom. The number of hydrogen-bond acceptors (Lipinski definition) is 7. The van der Waals surface area contributed by atoms with Crippen LogP contribution < -0.4 is 0 Å². The van der Waals surface area contributed by atoms with Crippen LogP contribution in [-0.4, -0.2) is 87.1 Å². The van der Waals surface area contributed by atoms with E-state index in [1.807, 2.05) is 12.2 Å². The SMILES string of the molecule is COC(=O)[C@@H]1C[C@H]2C=C[C@@H](O)C[C@H]2N1C(=O)[C@@H]1C[C@H]2C=C[C@@H](O)C[C@H]2N1C(=O)OC(C)(C)C. The first kappa shape index (κ1) is 23.8. The molecule has 4 aliphatic rings. The van der Waals surface area contributed by atoms with Crippen molar-refractivity contribution in [1.82, 2.24) is 9.80 Å². The average molecular weight is 463 g/mol. The second kappa shape index (κ2) is 8.76. The molecule has 0 saturated carbocycles. The predicted molar refractivity (Wildman–Crippen MR) is 118 cm³/mol. The second-order valence-corrected chi connectivity index (χ2v) is 10.5. The van der Waals surface area contributed by atoms with Gasteiger partial charge in [0.25, 0.3) is 0 Å². The van der Waals surface area contributed by atoms with Crippen molar-refractivity contribution in [2.75, 3.05) is 7.11 Å². The molecule has 2 N–H and O–H groups in total. The molecule has 4 rings (SSSR count). The van der Waals surface area contributed by atoms with Gasteiger partial charge < -0.3 is 24.6 Å². The van der Waals surface area contributed by atoms with Crippen molar-refractivity contribution in [3.05, 3.63) is 24.3 Å². The number of amides is 2. The lowest BCUT2D eigenvalue weighted by Crippen LogP contribution is -2.56. The summed E-state index contributed by atoms with van der Waals surface area (Å²) in [7, 11) is 1.29. The number of aliphatic hydroxyl groups excluding tert-OH is 2. The Morgan fingerprint density at radius 3 is 1.85 bits per heavy atom. The average Bonchev–Trinajstić information content (AvgIpc) is 3.29. The fourth-order valence-electron chi connectivity index (χ4n) is 5.75. The fraction of sp³-hybridized carbons (Fsp3) is 0.708. The van der Waals surface area contributed by atoms with Crippen molar-refractivity contribution < 1.29 is 34.1 Å². The lowest BCUT2D eigenvalue weighted by Gasteiger charge is -2.38. The standard InChI is InChI=1S/C24H34N2O7/c1-24(2,3)33-23(31)26-18-12-16(28)7-5-13(18)9-19(26)21(29)25-17-11-15(27)8-6-14(17)10-20(25)22(30)32-4/h5-8,13-20,27-28H,9-12H2,1-4H3/t13-,14-,15-,16-,17-,18-,19+,20+/m1/s1. The van der Waals surface area contributed by atoms with Crippen LogP contribution in [0.4, 0.5) is 4.79 Å². The third kappa shape index (κ3) is 4.53. The van der Waals surface area contributed by atoms with Crippen LogP contribution in [0, 0.1) is 11.8 Å². The van der Waals surface area contributed by atoms with Gasteiger partial charge in [-0.1, -0.05) is 24.3 Å². The van der Waals surface area contributed by atoms with Crippen molar-refractivity contribution in [3.63, 3.8) is 0 Å². The number of rotatable bonds is 2. The molecule has 0 spiro atoms. The number of carbonyl (C=O) groups excluding carboxylic acids is 3. The van der Waals surface area contributed by atoms with E-state index >= 15 is 0 Å². The van der Waals surface area contributed by atoms with Crippen molar-refractivity contribution in [1.29, 1.82) is 0 Å². The van der Waals surface area contributed by atoms with Gasteiger partial charge in [-0.05, 0) is 46.5 Å². The minimum absolute atomic E-state index is 0.0678. The van der Waals surface area contributed by atoms with Crippen molar-refractivity contribution in [2.24, 2.45) is 11.8 Å². The van der Waals surface area contributed by atoms with Crippen molar-refractivity contribution in [2.45, 2.75) is 88.4 Å². The van der Waals surface area contributed by atoms with Crippen LogP contribution >= 0.6 is 0 Å². The van der Waals surface area contributed by atoms with Gasteiger partial charge in [0.1, 0.15) is 17.7 Å². The molecule has 2 aliphatic carbocycles. The number of likely N-dealkylation sites (tertiary alicyclic amines) is 2. The summed E-state index contributed by atoms with van der Waals surface area (Å²) in [6.45, 7) is 5.29. The minimum atomic E-state index is -0.834. The van der Waals surface area contributed by atoms with Crippen LogP contribution in [0.3, 0.4) is 0 Å². The molecule has 0 aromatic rings. The summed E-state index contributed by atoms with van der Waals surface area (Å²) in [4.78, 5) is 42.9. The van der Waals surface area contributed by atoms with E-state index in [1.165, 1.54) is 16.9 Å². The van der Waals surface area contributed by atoms with E-state index < -0.39 is 42.0 Å². The largest absolute Gasteiger partial charge is 0.467 e. The van der Waals surface area contributed by atoms with Crippen LogP contribution in [0.15, 0.2) is 24.3 Å². The maximum Gasteiger partial charge on any atom is 0.411 e. The number of fused-ring (bicyclic) bond motifs is 2. The molecular weight excluding hydrogens is 428 g/mol. The second-order valence-electron chi connectivity index (χ2n) is 10.5. The smallest absolute Gasteiger partial charge is 0.411 e. The quantitative estimate of drug-likeness (QED) is 0.470. The minimum Gasteiger partial charge on any atom is -0.467 e. The molecule has 0 radical (unpaired) electrons. The maximum absolute atomic E-state index is 14.0. The van der Waals surface area contributed by atoms with E-state index in [2.05, 4.69) is 0 Å². The highest BCUT2D eigenvalue weighted by Gasteiger charge is 2.55. The Labute approximate surface area is 194 Å². The van der Waals surface area contributed by atoms with Crippen molar-refractivity contribution in [3.8, 4) is 0 Å². The normalized spacial score (nSPS) is 37.5. The zero-order valence-electron chi connectivity index (χ0n) is 19.6. The number of aliphatic hydroxyl groups is 2. The highest BCUT2D eigenvalue weighted by molar-refractivity contribution is 5.91. The summed E-state index contributed by atoms with van der Waals surface area (Å²) in [6, 6.07) is -2.35. The highest BCUT2D eigenvalue weighted by Crippen LogP contribution is 2.42. The Balaban J connectivity index is 1.67. The zero-order valence-corrected chi connectivity index (χ0v) is 19.6. The lowest BCUT2D eigenvalue weighted by atomic mass is 9.88. The van der Waals surface area contributed by atoms with Gasteiger partial charge >= 0.3 is 12.1 Å². The zero-order chi connectivity index (χ0) is 24.1. The summed E-state index contributed by atoms with van der Waals surface area (Å²) in [5.41, 5.74) is -0.753. The van der Waals surface area contributed by atoms with Gasteiger partial charge in [0.2, 0.25) is 5.91 Å². The fourth-order valence-corrected chi connectivity index (χ4v) is 5.75. The maximum atomic E-state index is 14.0. The van der Waals surface area contributed by atoms with E-state index in [-0.39, 0.29) is 29.8 Å². The molecule has 33 heavy (non-hydrogen) atoms. The lowest BCUT2D eigenvalue weighted by molar-refractivity contribution is -0.154. The first-order chi connectivity index (χ1) is 15.5. The Hall–Kier alpha value is -2.39. The molecule has 182 valence electrons. The van der Waals surface area contributed by atoms with Crippen LogP contribution in [0.25, 0.3) is 0 Å². The number of methoxy groups -OCH3 is 1. The molecule has 8 atom stereocenters. The first-order valence-corrected chi connectivity index (χ1v) is 11.6. The third-order valence-electron chi connectivity index (χ3n) is 7.11. The summed E-state index contributed by atoms with van der Waals surface area (Å²) < 4.78 is 10.6. The van der Waals surface area contributed by atoms with Gasteiger partial charge in [0.15, 0.2) is 0 Å². The summed E-state index contributed by atoms with van der Waals surface area (Å²) in [5.74, 6) is -1.01. The summed E-state index contributed by atoms with van der Waals surface area (Å²) >= 11 is 0. The van der Waals surface area contributed by atoms with Gasteiger partial charge in [-0.25, -0.2) is 9.59 Å². The molecular formula is C24H34N2O7. The molecule has 0 aromatic carbocycles. The number of nitrogens with zero attached hydrogens (tertiary/aromatic N) is 2. The van der Waals surface area contributed by atoms with Gasteiger partial charge in [-0.15, -0.1) is 0 Å². The molecule has 0 aromatic heterocycles. The molecule has 2 heterocycles. The summed E-state index contributed by atoms with van der Waals surface area (Å²) in [6.07, 6.45) is 6.55. The van der Waals surface area contributed by atoms with E-state index in [1.54, 1.807) is 32.9 Å². The summed E-state index contributed by atoms with van der Waals surface area (Å²) in [5, 5.41) is 20.4. The third-order valence-corrected chi connectivity index (χ3v) is 7.11. The molecule has 2 aliphatic heterocycles. The van der Waals surface area contributed by atoms with E-state index in [4.69, 9.17) is 9.47 Å². The van der Waals surface area contributed by atoms with E-state index in [0.29, 0.717) is 25.7 Å². The molecule has 0 bridgehead atoms. The highest BCUT2D eigenvalue weighted by atomic mass is 16.6. The number of esters is 1. The molecule has 9 heteroatoms. The van der Waals surface area contributed by atoms with Crippen LogP contribution in [-0.2, 0) is 19.1 Å². The molecule has 0 unspecified atom stereocenters. The first-order valence-electron chi connectivity index (χ1n) is 11.6. The molecule has 2 fully saturated rings. The van der Waals surface area contributed by atoms with Crippen molar-refractivity contribution >= 4 is 18.0 Å². The number of carbonyl (C=O) groups is 3. The molecule has 9 nitrogen and oxygen atoms in total. The molecule has 2 amide bonds. The topological polar surface area (TPSA) is 117 Å². The van der Waals surface area contributed by atoms with E-state index in [9.17, 15) is 24.6 Å². The van der Waals surface area contributed by atoms with Gasteiger partial charge in [-0.3, -0.25) is 9.69 Å². The Kier molecular flexibility index (Phi) is 6.30. The number of ether oxygens (including phenoxy) is 2. The van der Waals surface area contributed by atoms with Gasteiger partial charge in [0.05, 0.1) is 19.3 Å². The molecule has 2 saturated heterocycles. The Morgan fingerprint density at radius 2 is 1.33 bits per heavy atom. The van der Waals surface area contributed by atoms with Gasteiger partial charge in [0, 0.05) is 23.9 Å². The van der Waals surface area contributed by atoms with Gasteiger partial charge in [-0.2, -0.15) is 0 Å². The van der Waals surface area contributed by atoms with Crippen LogP contribution in [0.5, 0.6) is 0 Å². The monoisotopic (exact) mass is 462 g/mol. The van der Waals surface area contributed by atoms with E-state index in [0.717, 1.165) is 0 Å². The Bertz CT molecular complexity index is 863.